The number of hydrogen-bond donors (Lipinski definition) is 0. The number of rotatable bonds is 6. The zero-order chi connectivity index (χ0) is 20.4. The van der Waals surface area contributed by atoms with Crippen LogP contribution in [0.15, 0.2) is 59.8 Å². The van der Waals surface area contributed by atoms with E-state index in [1.807, 2.05) is 61.5 Å². The normalized spacial score (nSPS) is 18.2. The second-order valence-corrected chi connectivity index (χ2v) is 10.3. The predicted octanol–water partition coefficient (Wildman–Crippen LogP) is 3.15. The van der Waals surface area contributed by atoms with Crippen molar-refractivity contribution >= 4 is 38.5 Å². The molecule has 1 amide bonds. The lowest BCUT2D eigenvalue weighted by molar-refractivity contribution is -0.129. The highest BCUT2D eigenvalue weighted by molar-refractivity contribution is 7.99. The number of fused-ring (bicyclic) bond motifs is 1. The van der Waals surface area contributed by atoms with E-state index in [-0.39, 0.29) is 29.2 Å². The van der Waals surface area contributed by atoms with Crippen molar-refractivity contribution in [1.29, 1.82) is 0 Å². The second kappa shape index (κ2) is 8.20. The van der Waals surface area contributed by atoms with Crippen molar-refractivity contribution in [2.75, 3.05) is 23.8 Å². The molecular formula is C21H23N3O3S2. The number of nitrogens with zero attached hydrogens (tertiary/aromatic N) is 3. The molecule has 1 unspecified atom stereocenters. The van der Waals surface area contributed by atoms with Gasteiger partial charge < -0.3 is 4.90 Å². The average Bonchev–Trinajstić information content (AvgIpc) is 3.27. The molecule has 2 heterocycles. The topological polar surface area (TPSA) is 72.3 Å². The number of amides is 1. The molecule has 4 rings (SSSR count). The quantitative estimate of drug-likeness (QED) is 0.563. The van der Waals surface area contributed by atoms with Gasteiger partial charge in [0.2, 0.25) is 5.91 Å². The van der Waals surface area contributed by atoms with Gasteiger partial charge in [-0.1, -0.05) is 42.1 Å². The Hall–Kier alpha value is -2.32. The molecule has 0 bridgehead atoms. The molecule has 0 N–H and O–H groups in total. The van der Waals surface area contributed by atoms with Crippen molar-refractivity contribution in [1.82, 2.24) is 14.5 Å². The average molecular weight is 430 g/mol. The monoisotopic (exact) mass is 429 g/mol. The van der Waals surface area contributed by atoms with Crippen molar-refractivity contribution < 1.29 is 13.2 Å². The molecule has 0 spiro atoms. The summed E-state index contributed by atoms with van der Waals surface area (Å²) in [6.45, 7) is 2.40. The van der Waals surface area contributed by atoms with Crippen LogP contribution in [0.5, 0.6) is 0 Å². The highest BCUT2D eigenvalue weighted by Gasteiger charge is 2.33. The third kappa shape index (κ3) is 4.18. The summed E-state index contributed by atoms with van der Waals surface area (Å²) in [5.41, 5.74) is 2.86. The van der Waals surface area contributed by atoms with Gasteiger partial charge in [0.1, 0.15) is 0 Å². The number of imidazole rings is 1. The first-order chi connectivity index (χ1) is 14.0. The SMILES string of the molecule is CCN(C(=O)CSc1nc2ccccc2n1-c1ccccc1)C1CCS(=O)(=O)C1. The number of benzene rings is 2. The highest BCUT2D eigenvalue weighted by Crippen LogP contribution is 2.28. The number of thioether (sulfide) groups is 1. The van der Waals surface area contributed by atoms with E-state index < -0.39 is 9.84 Å². The molecule has 2 aromatic carbocycles. The summed E-state index contributed by atoms with van der Waals surface area (Å²) in [6, 6.07) is 17.6. The maximum Gasteiger partial charge on any atom is 0.233 e. The minimum Gasteiger partial charge on any atom is -0.338 e. The van der Waals surface area contributed by atoms with E-state index >= 15 is 0 Å². The molecule has 1 atom stereocenters. The van der Waals surface area contributed by atoms with Crippen LogP contribution in [0.2, 0.25) is 0 Å². The van der Waals surface area contributed by atoms with Gasteiger partial charge in [-0.15, -0.1) is 0 Å². The van der Waals surface area contributed by atoms with E-state index in [1.165, 1.54) is 11.8 Å². The summed E-state index contributed by atoms with van der Waals surface area (Å²) in [5.74, 6) is 0.407. The molecule has 0 aliphatic carbocycles. The van der Waals surface area contributed by atoms with E-state index in [9.17, 15) is 13.2 Å². The van der Waals surface area contributed by atoms with E-state index in [2.05, 4.69) is 4.57 Å². The Labute approximate surface area is 174 Å². The van der Waals surface area contributed by atoms with Crippen LogP contribution in [-0.2, 0) is 14.6 Å². The molecule has 6 nitrogen and oxygen atoms in total. The summed E-state index contributed by atoms with van der Waals surface area (Å²) in [5, 5.41) is 0.751. The summed E-state index contributed by atoms with van der Waals surface area (Å²) in [6.07, 6.45) is 0.523. The predicted molar refractivity (Wildman–Crippen MR) is 116 cm³/mol. The maximum absolute atomic E-state index is 12.9. The van der Waals surface area contributed by atoms with Crippen LogP contribution in [0.25, 0.3) is 16.7 Å². The molecule has 0 saturated carbocycles. The lowest BCUT2D eigenvalue weighted by atomic mass is 10.2. The zero-order valence-corrected chi connectivity index (χ0v) is 17.8. The van der Waals surface area contributed by atoms with Crippen LogP contribution in [0.1, 0.15) is 13.3 Å². The Morgan fingerprint density at radius 1 is 1.17 bits per heavy atom. The third-order valence-corrected chi connectivity index (χ3v) is 7.85. The van der Waals surface area contributed by atoms with E-state index in [4.69, 9.17) is 4.98 Å². The lowest BCUT2D eigenvalue weighted by Gasteiger charge is -2.26. The summed E-state index contributed by atoms with van der Waals surface area (Å²) in [4.78, 5) is 19.3. The van der Waals surface area contributed by atoms with Crippen LogP contribution >= 0.6 is 11.8 Å². The Bertz CT molecular complexity index is 1130. The van der Waals surface area contributed by atoms with Gasteiger partial charge >= 0.3 is 0 Å². The molecule has 1 fully saturated rings. The van der Waals surface area contributed by atoms with Gasteiger partial charge in [-0.05, 0) is 37.6 Å². The van der Waals surface area contributed by atoms with Crippen LogP contribution in [0, 0.1) is 0 Å². The van der Waals surface area contributed by atoms with Gasteiger partial charge in [0.05, 0.1) is 28.3 Å². The first-order valence-electron chi connectivity index (χ1n) is 9.64. The van der Waals surface area contributed by atoms with Gasteiger partial charge in [0.25, 0.3) is 0 Å². The largest absolute Gasteiger partial charge is 0.338 e. The molecule has 29 heavy (non-hydrogen) atoms. The van der Waals surface area contributed by atoms with Crippen LogP contribution < -0.4 is 0 Å². The summed E-state index contributed by atoms with van der Waals surface area (Å²) >= 11 is 1.39. The van der Waals surface area contributed by atoms with E-state index in [0.717, 1.165) is 21.9 Å². The maximum atomic E-state index is 12.9. The van der Waals surface area contributed by atoms with Gasteiger partial charge in [-0.2, -0.15) is 0 Å². The molecular weight excluding hydrogens is 406 g/mol. The fourth-order valence-electron chi connectivity index (χ4n) is 3.80. The van der Waals surface area contributed by atoms with Crippen molar-refractivity contribution in [3.8, 4) is 5.69 Å². The summed E-state index contributed by atoms with van der Waals surface area (Å²) < 4.78 is 25.7. The number of para-hydroxylation sites is 3. The van der Waals surface area contributed by atoms with E-state index in [0.29, 0.717) is 13.0 Å². The van der Waals surface area contributed by atoms with E-state index in [1.54, 1.807) is 4.90 Å². The highest BCUT2D eigenvalue weighted by atomic mass is 32.2. The second-order valence-electron chi connectivity index (χ2n) is 7.08. The number of aromatic nitrogens is 2. The third-order valence-electron chi connectivity index (χ3n) is 5.18. The van der Waals surface area contributed by atoms with Gasteiger partial charge in [0.15, 0.2) is 15.0 Å². The van der Waals surface area contributed by atoms with Crippen LogP contribution in [0.4, 0.5) is 0 Å². The van der Waals surface area contributed by atoms with Gasteiger partial charge in [-0.3, -0.25) is 9.36 Å². The van der Waals surface area contributed by atoms with Gasteiger partial charge in [0, 0.05) is 18.3 Å². The van der Waals surface area contributed by atoms with Gasteiger partial charge in [-0.25, -0.2) is 13.4 Å². The molecule has 1 saturated heterocycles. The smallest absolute Gasteiger partial charge is 0.233 e. The summed E-state index contributed by atoms with van der Waals surface area (Å²) in [7, 11) is -3.03. The molecule has 8 heteroatoms. The zero-order valence-electron chi connectivity index (χ0n) is 16.2. The van der Waals surface area contributed by atoms with Crippen molar-refractivity contribution in [3.63, 3.8) is 0 Å². The Morgan fingerprint density at radius 3 is 2.59 bits per heavy atom. The number of carbonyl (C=O) groups is 1. The fraction of sp³-hybridized carbons (Fsp3) is 0.333. The molecule has 1 aliphatic heterocycles. The minimum absolute atomic E-state index is 0.0498. The molecule has 1 aliphatic rings. The van der Waals surface area contributed by atoms with Crippen LogP contribution in [-0.4, -0.2) is 58.6 Å². The van der Waals surface area contributed by atoms with Crippen molar-refractivity contribution in [3.05, 3.63) is 54.6 Å². The minimum atomic E-state index is -3.03. The van der Waals surface area contributed by atoms with Crippen molar-refractivity contribution in [2.45, 2.75) is 24.5 Å². The Balaban J connectivity index is 1.57. The lowest BCUT2D eigenvalue weighted by Crippen LogP contribution is -2.42. The molecule has 0 radical (unpaired) electrons. The number of carbonyl (C=O) groups excluding carboxylic acids is 1. The van der Waals surface area contributed by atoms with Crippen molar-refractivity contribution in [2.24, 2.45) is 0 Å². The molecule has 3 aromatic rings. The molecule has 152 valence electrons. The number of sulfone groups is 1. The Kier molecular flexibility index (Phi) is 5.65. The first-order valence-corrected chi connectivity index (χ1v) is 12.4. The Morgan fingerprint density at radius 2 is 1.90 bits per heavy atom. The standard InChI is InChI=1S/C21H23N3O3S2/c1-2-23(17-12-13-29(26,27)15-17)20(25)14-28-21-22-18-10-6-7-11-19(18)24(21)16-8-4-3-5-9-16/h3-11,17H,2,12-15H2,1H3. The fourth-order valence-corrected chi connectivity index (χ4v) is 6.44. The molecule has 1 aromatic heterocycles. The first kappa shape index (κ1) is 20.0. The van der Waals surface area contributed by atoms with Crippen LogP contribution in [0.3, 0.4) is 0 Å². The number of hydrogen-bond acceptors (Lipinski definition) is 5.